The molecule has 0 saturated carbocycles. The number of ether oxygens (including phenoxy) is 1. The summed E-state index contributed by atoms with van der Waals surface area (Å²) in [5.41, 5.74) is 1.19. The monoisotopic (exact) mass is 198 g/mol. The van der Waals surface area contributed by atoms with Crippen LogP contribution in [0.1, 0.15) is 40.5 Å². The molecule has 1 aliphatic heterocycles. The van der Waals surface area contributed by atoms with Crippen molar-refractivity contribution >= 4 is 0 Å². The molecule has 1 N–H and O–H groups in total. The maximum absolute atomic E-state index is 9.86. The highest BCUT2D eigenvalue weighted by Crippen LogP contribution is 2.41. The smallest absolute Gasteiger partial charge is 0.160 e. The highest BCUT2D eigenvalue weighted by molar-refractivity contribution is 4.99. The van der Waals surface area contributed by atoms with E-state index < -0.39 is 6.29 Å². The van der Waals surface area contributed by atoms with Crippen molar-refractivity contribution in [3.05, 3.63) is 11.6 Å². The lowest BCUT2D eigenvalue weighted by molar-refractivity contribution is -0.216. The van der Waals surface area contributed by atoms with Gasteiger partial charge in [-0.25, -0.2) is 0 Å². The van der Waals surface area contributed by atoms with Gasteiger partial charge in [-0.05, 0) is 32.6 Å². The topological polar surface area (TPSA) is 29.5 Å². The third-order valence-corrected chi connectivity index (χ3v) is 3.47. The third-order valence-electron chi connectivity index (χ3n) is 3.47. The summed E-state index contributed by atoms with van der Waals surface area (Å²) >= 11 is 0. The van der Waals surface area contributed by atoms with Crippen LogP contribution in [0.25, 0.3) is 0 Å². The van der Waals surface area contributed by atoms with E-state index in [0.29, 0.717) is 12.5 Å². The van der Waals surface area contributed by atoms with E-state index in [1.165, 1.54) is 5.57 Å². The molecule has 1 saturated heterocycles. The first-order valence-electron chi connectivity index (χ1n) is 5.40. The molecule has 0 radical (unpaired) electrons. The molecule has 1 heterocycles. The summed E-state index contributed by atoms with van der Waals surface area (Å²) in [6.07, 6.45) is 3.53. The normalized spacial score (nSPS) is 38.1. The van der Waals surface area contributed by atoms with Crippen molar-refractivity contribution in [2.45, 2.75) is 46.8 Å². The quantitative estimate of drug-likeness (QED) is 0.691. The molecule has 0 aromatic carbocycles. The second kappa shape index (κ2) is 4.45. The molecule has 0 bridgehead atoms. The average molecular weight is 198 g/mol. The van der Waals surface area contributed by atoms with Crippen molar-refractivity contribution in [1.29, 1.82) is 0 Å². The molecule has 1 rings (SSSR count). The van der Waals surface area contributed by atoms with E-state index in [1.54, 1.807) is 0 Å². The predicted molar refractivity (Wildman–Crippen MR) is 57.9 cm³/mol. The zero-order chi connectivity index (χ0) is 10.8. The molecule has 2 heteroatoms. The first-order chi connectivity index (χ1) is 6.47. The predicted octanol–water partition coefficient (Wildman–Crippen LogP) is 2.72. The summed E-state index contributed by atoms with van der Waals surface area (Å²) in [4.78, 5) is 0. The van der Waals surface area contributed by atoms with Crippen LogP contribution < -0.4 is 0 Å². The lowest BCUT2D eigenvalue weighted by Gasteiger charge is -2.42. The Bertz CT molecular complexity index is 206. The maximum Gasteiger partial charge on any atom is 0.160 e. The summed E-state index contributed by atoms with van der Waals surface area (Å²) in [6.45, 7) is 9.17. The summed E-state index contributed by atoms with van der Waals surface area (Å²) < 4.78 is 5.32. The van der Waals surface area contributed by atoms with Crippen molar-refractivity contribution in [3.8, 4) is 0 Å². The third kappa shape index (κ3) is 2.37. The van der Waals surface area contributed by atoms with Gasteiger partial charge in [-0.1, -0.05) is 25.5 Å². The van der Waals surface area contributed by atoms with Crippen LogP contribution in [-0.2, 0) is 4.74 Å². The first-order valence-corrected chi connectivity index (χ1v) is 5.40. The van der Waals surface area contributed by atoms with Gasteiger partial charge in [0.2, 0.25) is 0 Å². The average Bonchev–Trinajstić information content (AvgIpc) is 2.11. The largest absolute Gasteiger partial charge is 0.367 e. The summed E-state index contributed by atoms with van der Waals surface area (Å²) in [5.74, 6) is 0.516. The number of aliphatic hydroxyl groups is 1. The maximum atomic E-state index is 9.86. The minimum Gasteiger partial charge on any atom is -0.367 e. The van der Waals surface area contributed by atoms with Crippen LogP contribution in [0.15, 0.2) is 11.6 Å². The van der Waals surface area contributed by atoms with Crippen LogP contribution in [-0.4, -0.2) is 18.0 Å². The van der Waals surface area contributed by atoms with Crippen molar-refractivity contribution in [1.82, 2.24) is 0 Å². The van der Waals surface area contributed by atoms with Gasteiger partial charge in [-0.3, -0.25) is 0 Å². The molecule has 82 valence electrons. The Hall–Kier alpha value is -0.340. The van der Waals surface area contributed by atoms with E-state index in [-0.39, 0.29) is 5.41 Å². The molecule has 0 aromatic rings. The van der Waals surface area contributed by atoms with Gasteiger partial charge in [0.1, 0.15) is 0 Å². The molecule has 3 unspecified atom stereocenters. The van der Waals surface area contributed by atoms with E-state index in [0.717, 1.165) is 12.8 Å². The summed E-state index contributed by atoms with van der Waals surface area (Å²) in [5, 5.41) is 9.86. The summed E-state index contributed by atoms with van der Waals surface area (Å²) in [7, 11) is 0. The van der Waals surface area contributed by atoms with Gasteiger partial charge >= 0.3 is 0 Å². The number of aliphatic hydroxyl groups excluding tert-OH is 1. The fraction of sp³-hybridized carbons (Fsp3) is 0.833. The van der Waals surface area contributed by atoms with Crippen molar-refractivity contribution in [3.63, 3.8) is 0 Å². The second-order valence-electron chi connectivity index (χ2n) is 4.90. The van der Waals surface area contributed by atoms with Gasteiger partial charge in [0.25, 0.3) is 0 Å². The summed E-state index contributed by atoms with van der Waals surface area (Å²) in [6, 6.07) is 0. The molecule has 0 aliphatic carbocycles. The SMILES string of the molecule is CC(C)=CCC1(C)C(C)CCOC1O. The van der Waals surface area contributed by atoms with Crippen LogP contribution in [0.3, 0.4) is 0 Å². The highest BCUT2D eigenvalue weighted by atomic mass is 16.6. The Labute approximate surface area is 87.0 Å². The standard InChI is InChI=1S/C12H22O2/c1-9(2)5-7-12(4)10(3)6-8-14-11(12)13/h5,10-11,13H,6-8H2,1-4H3. The van der Waals surface area contributed by atoms with Gasteiger partial charge in [-0.15, -0.1) is 0 Å². The Kier molecular flexibility index (Phi) is 3.73. The Morgan fingerprint density at radius 3 is 2.71 bits per heavy atom. The molecule has 1 fully saturated rings. The fourth-order valence-corrected chi connectivity index (χ4v) is 1.85. The van der Waals surface area contributed by atoms with Crippen molar-refractivity contribution in [2.24, 2.45) is 11.3 Å². The molecular formula is C12H22O2. The minimum absolute atomic E-state index is 0.116. The van der Waals surface area contributed by atoms with Crippen LogP contribution in [0, 0.1) is 11.3 Å². The van der Waals surface area contributed by atoms with Gasteiger partial charge in [-0.2, -0.15) is 0 Å². The zero-order valence-electron chi connectivity index (χ0n) is 9.71. The molecule has 0 aromatic heterocycles. The fourth-order valence-electron chi connectivity index (χ4n) is 1.85. The molecule has 1 aliphatic rings. The van der Waals surface area contributed by atoms with Crippen LogP contribution in [0.2, 0.25) is 0 Å². The van der Waals surface area contributed by atoms with E-state index in [2.05, 4.69) is 33.8 Å². The van der Waals surface area contributed by atoms with E-state index in [1.807, 2.05) is 0 Å². The van der Waals surface area contributed by atoms with Crippen LogP contribution in [0.4, 0.5) is 0 Å². The van der Waals surface area contributed by atoms with E-state index in [9.17, 15) is 5.11 Å². The minimum atomic E-state index is -0.609. The van der Waals surface area contributed by atoms with Crippen molar-refractivity contribution in [2.75, 3.05) is 6.61 Å². The molecule has 2 nitrogen and oxygen atoms in total. The van der Waals surface area contributed by atoms with E-state index in [4.69, 9.17) is 4.74 Å². The van der Waals surface area contributed by atoms with Gasteiger partial charge in [0.05, 0.1) is 6.61 Å². The van der Waals surface area contributed by atoms with E-state index >= 15 is 0 Å². The van der Waals surface area contributed by atoms with Crippen LogP contribution >= 0.6 is 0 Å². The second-order valence-corrected chi connectivity index (χ2v) is 4.90. The molecule has 3 atom stereocenters. The highest BCUT2D eigenvalue weighted by Gasteiger charge is 2.41. The first kappa shape index (κ1) is 11.7. The number of hydrogen-bond donors (Lipinski definition) is 1. The molecule has 0 spiro atoms. The Balaban J connectivity index is 2.71. The number of hydrogen-bond acceptors (Lipinski definition) is 2. The molecule has 0 amide bonds. The van der Waals surface area contributed by atoms with Crippen LogP contribution in [0.5, 0.6) is 0 Å². The molecular weight excluding hydrogens is 176 g/mol. The van der Waals surface area contributed by atoms with Crippen molar-refractivity contribution < 1.29 is 9.84 Å². The Morgan fingerprint density at radius 2 is 2.21 bits per heavy atom. The lowest BCUT2D eigenvalue weighted by atomic mass is 9.71. The van der Waals surface area contributed by atoms with Gasteiger partial charge in [0.15, 0.2) is 6.29 Å². The lowest BCUT2D eigenvalue weighted by Crippen LogP contribution is -2.44. The zero-order valence-corrected chi connectivity index (χ0v) is 9.71. The van der Waals surface area contributed by atoms with Gasteiger partial charge < -0.3 is 9.84 Å². The Morgan fingerprint density at radius 1 is 1.57 bits per heavy atom. The molecule has 14 heavy (non-hydrogen) atoms. The number of allylic oxidation sites excluding steroid dienone is 2. The number of rotatable bonds is 2. The van der Waals surface area contributed by atoms with Gasteiger partial charge in [0, 0.05) is 5.41 Å².